The predicted molar refractivity (Wildman–Crippen MR) is 121 cm³/mol. The second-order valence-electron chi connectivity index (χ2n) is 6.90. The van der Waals surface area contributed by atoms with Crippen LogP contribution in [-0.2, 0) is 14.8 Å². The lowest BCUT2D eigenvalue weighted by Crippen LogP contribution is -2.17. The molecule has 0 aliphatic rings. The van der Waals surface area contributed by atoms with E-state index in [1.807, 2.05) is 6.07 Å². The number of benzene rings is 2. The molecule has 2 aromatic heterocycles. The van der Waals surface area contributed by atoms with Gasteiger partial charge in [-0.3, -0.25) is 10.1 Å². The highest BCUT2D eigenvalue weighted by Crippen LogP contribution is 2.30. The highest BCUT2D eigenvalue weighted by atomic mass is 32.2. The van der Waals surface area contributed by atoms with E-state index in [2.05, 4.69) is 10.3 Å². The van der Waals surface area contributed by atoms with E-state index in [1.165, 1.54) is 12.1 Å². The number of hydrogen-bond acceptors (Lipinski definition) is 7. The molecule has 32 heavy (non-hydrogen) atoms. The number of anilines is 1. The van der Waals surface area contributed by atoms with Crippen molar-refractivity contribution in [1.29, 1.82) is 5.26 Å². The van der Waals surface area contributed by atoms with Crippen LogP contribution >= 0.6 is 11.8 Å². The molecule has 0 aliphatic heterocycles. The molecule has 4 rings (SSSR count). The van der Waals surface area contributed by atoms with Gasteiger partial charge in [-0.25, -0.2) is 17.4 Å². The maximum Gasteiger partial charge on any atom is 0.270 e. The molecular weight excluding hydrogens is 448 g/mol. The minimum Gasteiger partial charge on any atom is -0.444 e. The van der Waals surface area contributed by atoms with Crippen LogP contribution in [0.2, 0.25) is 0 Å². The smallest absolute Gasteiger partial charge is 0.270 e. The molecule has 0 spiro atoms. The zero-order chi connectivity index (χ0) is 22.9. The van der Waals surface area contributed by atoms with Crippen molar-refractivity contribution in [2.24, 2.45) is 0 Å². The number of aromatic nitrogens is 2. The highest BCUT2D eigenvalue weighted by molar-refractivity contribution is 8.00. The SMILES string of the molecule is Cc1oc(NC(=O)CSc2nc3ccccc3n2S(=O)(=O)c2ccccc2)c(C#N)c1C. The number of carbonyl (C=O) groups excluding carboxylic acids is 1. The van der Waals surface area contributed by atoms with Gasteiger partial charge in [-0.05, 0) is 38.1 Å². The molecule has 0 atom stereocenters. The molecule has 4 aromatic rings. The van der Waals surface area contributed by atoms with E-state index in [0.717, 1.165) is 15.7 Å². The highest BCUT2D eigenvalue weighted by Gasteiger charge is 2.25. The van der Waals surface area contributed by atoms with Gasteiger partial charge in [-0.2, -0.15) is 5.26 Å². The fourth-order valence-electron chi connectivity index (χ4n) is 3.15. The van der Waals surface area contributed by atoms with Crippen molar-refractivity contribution in [2.45, 2.75) is 23.9 Å². The number of nitrogens with one attached hydrogen (secondary N) is 1. The zero-order valence-corrected chi connectivity index (χ0v) is 18.8. The van der Waals surface area contributed by atoms with Crippen molar-refractivity contribution in [2.75, 3.05) is 11.1 Å². The molecule has 1 N–H and O–H groups in total. The Morgan fingerprint density at radius 1 is 1.16 bits per heavy atom. The minimum atomic E-state index is -3.93. The number of rotatable bonds is 6. The Kier molecular flexibility index (Phi) is 5.78. The molecule has 2 aromatic carbocycles. The molecule has 10 heteroatoms. The van der Waals surface area contributed by atoms with Crippen LogP contribution in [0.25, 0.3) is 11.0 Å². The molecule has 0 radical (unpaired) electrons. The normalized spacial score (nSPS) is 11.4. The van der Waals surface area contributed by atoms with E-state index in [4.69, 9.17) is 4.42 Å². The van der Waals surface area contributed by atoms with Crippen molar-refractivity contribution in [3.05, 3.63) is 71.5 Å². The third-order valence-electron chi connectivity index (χ3n) is 4.85. The summed E-state index contributed by atoms with van der Waals surface area (Å²) < 4.78 is 33.3. The molecule has 0 saturated carbocycles. The zero-order valence-electron chi connectivity index (χ0n) is 17.2. The number of para-hydroxylation sites is 2. The van der Waals surface area contributed by atoms with Crippen LogP contribution in [0.1, 0.15) is 16.9 Å². The quantitative estimate of drug-likeness (QED) is 0.425. The number of carbonyl (C=O) groups is 1. The summed E-state index contributed by atoms with van der Waals surface area (Å²) in [4.78, 5) is 17.1. The Labute approximate surface area is 188 Å². The number of fused-ring (bicyclic) bond motifs is 1. The molecule has 8 nitrogen and oxygen atoms in total. The summed E-state index contributed by atoms with van der Waals surface area (Å²) in [6.45, 7) is 3.44. The predicted octanol–water partition coefficient (Wildman–Crippen LogP) is 4.09. The Morgan fingerprint density at radius 3 is 2.56 bits per heavy atom. The van der Waals surface area contributed by atoms with Crippen molar-refractivity contribution in [3.8, 4) is 6.07 Å². The summed E-state index contributed by atoms with van der Waals surface area (Å²) in [7, 11) is -3.93. The topological polar surface area (TPSA) is 118 Å². The van der Waals surface area contributed by atoms with Gasteiger partial charge in [-0.1, -0.05) is 42.1 Å². The lowest BCUT2D eigenvalue weighted by molar-refractivity contribution is -0.113. The van der Waals surface area contributed by atoms with Crippen molar-refractivity contribution in [1.82, 2.24) is 8.96 Å². The van der Waals surface area contributed by atoms with E-state index in [-0.39, 0.29) is 27.3 Å². The molecule has 1 amide bonds. The molecule has 0 fully saturated rings. The fourth-order valence-corrected chi connectivity index (χ4v) is 5.68. The Morgan fingerprint density at radius 2 is 1.84 bits per heavy atom. The average molecular weight is 467 g/mol. The van der Waals surface area contributed by atoms with Crippen LogP contribution in [0.3, 0.4) is 0 Å². The van der Waals surface area contributed by atoms with Crippen LogP contribution in [0, 0.1) is 25.2 Å². The Hall–Kier alpha value is -3.55. The van der Waals surface area contributed by atoms with Gasteiger partial charge in [0, 0.05) is 5.56 Å². The summed E-state index contributed by atoms with van der Waals surface area (Å²) in [6.07, 6.45) is 0. The van der Waals surface area contributed by atoms with E-state index in [1.54, 1.807) is 56.3 Å². The van der Waals surface area contributed by atoms with Gasteiger partial charge in [0.1, 0.15) is 17.4 Å². The standard InChI is InChI=1S/C22H18N4O4S2/c1-14-15(2)30-21(17(14)12-23)25-20(27)13-31-22-24-18-10-6-7-11-19(18)26(22)32(28,29)16-8-4-3-5-9-16/h3-11H,13H2,1-2H3,(H,25,27). The number of nitrogens with zero attached hydrogens (tertiary/aromatic N) is 3. The number of amides is 1. The van der Waals surface area contributed by atoms with E-state index in [0.29, 0.717) is 22.4 Å². The molecule has 0 saturated heterocycles. The maximum atomic E-state index is 13.3. The van der Waals surface area contributed by atoms with E-state index in [9.17, 15) is 18.5 Å². The summed E-state index contributed by atoms with van der Waals surface area (Å²) in [6, 6.07) is 16.9. The molecule has 162 valence electrons. The van der Waals surface area contributed by atoms with Gasteiger partial charge < -0.3 is 4.42 Å². The van der Waals surface area contributed by atoms with Gasteiger partial charge in [-0.15, -0.1) is 0 Å². The first-order valence-electron chi connectivity index (χ1n) is 9.53. The molecular formula is C22H18N4O4S2. The van der Waals surface area contributed by atoms with Gasteiger partial charge in [0.2, 0.25) is 11.8 Å². The summed E-state index contributed by atoms with van der Waals surface area (Å²) >= 11 is 0.982. The third-order valence-corrected chi connectivity index (χ3v) is 7.63. The minimum absolute atomic E-state index is 0.0820. The molecule has 0 unspecified atom stereocenters. The van der Waals surface area contributed by atoms with Gasteiger partial charge >= 0.3 is 0 Å². The fraction of sp³-hybridized carbons (Fsp3) is 0.136. The second kappa shape index (κ2) is 8.53. The second-order valence-corrected chi connectivity index (χ2v) is 9.63. The number of aryl methyl sites for hydroxylation is 1. The van der Waals surface area contributed by atoms with Gasteiger partial charge in [0.05, 0.1) is 21.7 Å². The van der Waals surface area contributed by atoms with Crippen LogP contribution in [0.15, 0.2) is 69.1 Å². The van der Waals surface area contributed by atoms with Gasteiger partial charge in [0.15, 0.2) is 5.16 Å². The summed E-state index contributed by atoms with van der Waals surface area (Å²) in [5, 5.41) is 12.0. The number of hydrogen-bond donors (Lipinski definition) is 1. The maximum absolute atomic E-state index is 13.3. The lowest BCUT2D eigenvalue weighted by atomic mass is 10.2. The molecule has 2 heterocycles. The van der Waals surface area contributed by atoms with Crippen LogP contribution < -0.4 is 5.32 Å². The van der Waals surface area contributed by atoms with Crippen LogP contribution in [0.5, 0.6) is 0 Å². The largest absolute Gasteiger partial charge is 0.444 e. The molecule has 0 aliphatic carbocycles. The third kappa shape index (κ3) is 3.88. The first kappa shape index (κ1) is 21.7. The molecule has 0 bridgehead atoms. The Balaban J connectivity index is 1.65. The first-order valence-corrected chi connectivity index (χ1v) is 12.0. The number of nitriles is 1. The Bertz CT molecular complexity index is 1470. The number of thioether (sulfide) groups is 1. The summed E-state index contributed by atoms with van der Waals surface area (Å²) in [5.74, 6) is 0.0480. The van der Waals surface area contributed by atoms with Crippen LogP contribution in [-0.4, -0.2) is 29.0 Å². The van der Waals surface area contributed by atoms with Crippen molar-refractivity contribution >= 4 is 44.6 Å². The average Bonchev–Trinajstić information content (AvgIpc) is 3.29. The summed E-state index contributed by atoms with van der Waals surface area (Å²) in [5.41, 5.74) is 1.84. The van der Waals surface area contributed by atoms with E-state index >= 15 is 0 Å². The lowest BCUT2D eigenvalue weighted by Gasteiger charge is -2.10. The van der Waals surface area contributed by atoms with E-state index < -0.39 is 15.9 Å². The monoisotopic (exact) mass is 466 g/mol. The van der Waals surface area contributed by atoms with Gasteiger partial charge in [0.25, 0.3) is 10.0 Å². The van der Waals surface area contributed by atoms with Crippen molar-refractivity contribution in [3.63, 3.8) is 0 Å². The number of furan rings is 1. The van der Waals surface area contributed by atoms with Crippen LogP contribution in [0.4, 0.5) is 5.88 Å². The van der Waals surface area contributed by atoms with Crippen molar-refractivity contribution < 1.29 is 17.6 Å². The first-order chi connectivity index (χ1) is 15.3. The number of imidazole rings is 1.